The molecule has 0 radical (unpaired) electrons. The van der Waals surface area contributed by atoms with Crippen molar-refractivity contribution in [2.45, 2.75) is 33.7 Å². The molecule has 0 fully saturated rings. The van der Waals surface area contributed by atoms with Gasteiger partial charge in [-0.3, -0.25) is 4.79 Å². The number of aryl methyl sites for hydroxylation is 1. The fourth-order valence-electron chi connectivity index (χ4n) is 3.56. The van der Waals surface area contributed by atoms with Gasteiger partial charge in [0.1, 0.15) is 0 Å². The first-order valence-electron chi connectivity index (χ1n) is 10.8. The fourth-order valence-corrected chi connectivity index (χ4v) is 5.01. The number of sulfone groups is 1. The molecule has 1 atom stereocenters. The SMILES string of the molecule is CCOc1cc(C(=O)N(c2ccc(C)c(Cl)c2)[C@@H]2C=CS(=O)(=O)C2)cc(OCC)c1OCC. The van der Waals surface area contributed by atoms with Gasteiger partial charge in [-0.1, -0.05) is 17.7 Å². The van der Waals surface area contributed by atoms with Crippen molar-refractivity contribution in [1.82, 2.24) is 0 Å². The van der Waals surface area contributed by atoms with Crippen LogP contribution in [0.5, 0.6) is 17.2 Å². The normalized spacial score (nSPS) is 16.5. The van der Waals surface area contributed by atoms with Crippen LogP contribution in [-0.4, -0.2) is 45.9 Å². The summed E-state index contributed by atoms with van der Waals surface area (Å²) in [5.41, 5.74) is 1.62. The minimum atomic E-state index is -3.41. The fraction of sp³-hybridized carbons (Fsp3) is 0.375. The monoisotopic (exact) mass is 493 g/mol. The van der Waals surface area contributed by atoms with Crippen molar-refractivity contribution in [2.75, 3.05) is 30.5 Å². The highest BCUT2D eigenvalue weighted by atomic mass is 35.5. The average molecular weight is 494 g/mol. The van der Waals surface area contributed by atoms with E-state index in [-0.39, 0.29) is 11.3 Å². The number of halogens is 1. The molecule has 33 heavy (non-hydrogen) atoms. The first kappa shape index (κ1) is 24.9. The zero-order chi connectivity index (χ0) is 24.2. The summed E-state index contributed by atoms with van der Waals surface area (Å²) in [6, 6.07) is 7.71. The smallest absolute Gasteiger partial charge is 0.259 e. The van der Waals surface area contributed by atoms with Crippen molar-refractivity contribution >= 4 is 33.0 Å². The number of ether oxygens (including phenoxy) is 3. The second-order valence-corrected chi connectivity index (χ2v) is 9.77. The van der Waals surface area contributed by atoms with Crippen LogP contribution in [0.25, 0.3) is 0 Å². The minimum absolute atomic E-state index is 0.210. The number of anilines is 1. The summed E-state index contributed by atoms with van der Waals surface area (Å²) in [7, 11) is -3.41. The van der Waals surface area contributed by atoms with Crippen molar-refractivity contribution in [1.29, 1.82) is 0 Å². The molecule has 1 aliphatic rings. The zero-order valence-electron chi connectivity index (χ0n) is 19.1. The van der Waals surface area contributed by atoms with E-state index in [9.17, 15) is 13.2 Å². The van der Waals surface area contributed by atoms with Crippen molar-refractivity contribution in [3.05, 3.63) is 58.0 Å². The molecule has 0 aliphatic carbocycles. The van der Waals surface area contributed by atoms with Gasteiger partial charge in [-0.15, -0.1) is 0 Å². The molecule has 1 amide bonds. The Labute approximate surface area is 199 Å². The minimum Gasteiger partial charge on any atom is -0.490 e. The second kappa shape index (κ2) is 10.5. The van der Waals surface area contributed by atoms with Crippen LogP contribution in [0.4, 0.5) is 5.69 Å². The summed E-state index contributed by atoms with van der Waals surface area (Å²) in [4.78, 5) is 15.3. The topological polar surface area (TPSA) is 82.1 Å². The van der Waals surface area contributed by atoms with Crippen LogP contribution < -0.4 is 19.1 Å². The van der Waals surface area contributed by atoms with E-state index in [1.807, 2.05) is 27.7 Å². The predicted octanol–water partition coefficient (Wildman–Crippen LogP) is 4.80. The highest BCUT2D eigenvalue weighted by Gasteiger charge is 2.33. The Bertz CT molecular complexity index is 1130. The van der Waals surface area contributed by atoms with E-state index in [0.29, 0.717) is 47.8 Å². The number of nitrogens with zero attached hydrogens (tertiary/aromatic N) is 1. The number of hydrogen-bond donors (Lipinski definition) is 0. The molecule has 1 heterocycles. The number of rotatable bonds is 9. The lowest BCUT2D eigenvalue weighted by molar-refractivity contribution is 0.0982. The standard InChI is InChI=1S/C24H28ClNO6S/c1-5-30-21-12-17(13-22(31-6-2)23(21)32-7-3)24(27)26(19-10-11-33(28,29)15-19)18-9-8-16(4)20(25)14-18/h8-14,19H,5-7,15H2,1-4H3/t19-/m1/s1. The Morgan fingerprint density at radius 2 is 1.64 bits per heavy atom. The van der Waals surface area contributed by atoms with Crippen LogP contribution >= 0.6 is 11.6 Å². The third-order valence-corrected chi connectivity index (χ3v) is 6.84. The van der Waals surface area contributed by atoms with Gasteiger partial charge in [0, 0.05) is 21.7 Å². The predicted molar refractivity (Wildman–Crippen MR) is 130 cm³/mol. The van der Waals surface area contributed by atoms with Crippen LogP contribution in [0.15, 0.2) is 41.8 Å². The second-order valence-electron chi connectivity index (χ2n) is 7.43. The van der Waals surface area contributed by atoms with Gasteiger partial charge in [0.15, 0.2) is 21.3 Å². The summed E-state index contributed by atoms with van der Waals surface area (Å²) in [5.74, 6) is 0.561. The maximum atomic E-state index is 13.8. The maximum absolute atomic E-state index is 13.8. The lowest BCUT2D eigenvalue weighted by Crippen LogP contribution is -2.41. The molecule has 1 aliphatic heterocycles. The van der Waals surface area contributed by atoms with Gasteiger partial charge in [-0.05, 0) is 63.6 Å². The molecule has 2 aromatic carbocycles. The molecule has 0 saturated heterocycles. The van der Waals surface area contributed by atoms with Crippen molar-refractivity contribution < 1.29 is 27.4 Å². The molecule has 3 rings (SSSR count). The van der Waals surface area contributed by atoms with Crippen molar-refractivity contribution in [3.63, 3.8) is 0 Å². The van der Waals surface area contributed by atoms with Crippen molar-refractivity contribution in [3.8, 4) is 17.2 Å². The average Bonchev–Trinajstić information content (AvgIpc) is 3.12. The molecule has 0 aromatic heterocycles. The van der Waals surface area contributed by atoms with Gasteiger partial charge < -0.3 is 19.1 Å². The molecule has 7 nitrogen and oxygen atoms in total. The molecule has 0 bridgehead atoms. The van der Waals surface area contributed by atoms with Gasteiger partial charge in [-0.25, -0.2) is 8.42 Å². The number of carbonyl (C=O) groups is 1. The maximum Gasteiger partial charge on any atom is 0.259 e. The van der Waals surface area contributed by atoms with Crippen LogP contribution in [-0.2, 0) is 9.84 Å². The highest BCUT2D eigenvalue weighted by molar-refractivity contribution is 7.94. The summed E-state index contributed by atoms with van der Waals surface area (Å²) in [6.45, 7) is 8.49. The lowest BCUT2D eigenvalue weighted by atomic mass is 10.1. The highest BCUT2D eigenvalue weighted by Crippen LogP contribution is 2.40. The first-order chi connectivity index (χ1) is 15.7. The van der Waals surface area contributed by atoms with E-state index in [0.717, 1.165) is 11.0 Å². The summed E-state index contributed by atoms with van der Waals surface area (Å²) in [5, 5.41) is 1.62. The molecule has 0 unspecified atom stereocenters. The molecular formula is C24H28ClNO6S. The molecule has 0 spiro atoms. The third-order valence-electron chi connectivity index (χ3n) is 5.05. The van der Waals surface area contributed by atoms with E-state index in [1.165, 1.54) is 11.0 Å². The number of hydrogen-bond acceptors (Lipinski definition) is 6. The molecule has 2 aromatic rings. The zero-order valence-corrected chi connectivity index (χ0v) is 20.7. The van der Waals surface area contributed by atoms with Crippen LogP contribution in [0.2, 0.25) is 5.02 Å². The van der Waals surface area contributed by atoms with Crippen LogP contribution in [0.3, 0.4) is 0 Å². The Balaban J connectivity index is 2.13. The molecule has 178 valence electrons. The van der Waals surface area contributed by atoms with Gasteiger partial charge in [0.2, 0.25) is 5.75 Å². The number of benzene rings is 2. The van der Waals surface area contributed by atoms with E-state index in [2.05, 4.69) is 0 Å². The van der Waals surface area contributed by atoms with E-state index in [4.69, 9.17) is 25.8 Å². The van der Waals surface area contributed by atoms with E-state index in [1.54, 1.807) is 30.3 Å². The Kier molecular flexibility index (Phi) is 7.92. The van der Waals surface area contributed by atoms with E-state index < -0.39 is 21.8 Å². The largest absolute Gasteiger partial charge is 0.490 e. The van der Waals surface area contributed by atoms with Crippen molar-refractivity contribution in [2.24, 2.45) is 0 Å². The van der Waals surface area contributed by atoms with Gasteiger partial charge in [-0.2, -0.15) is 0 Å². The van der Waals surface area contributed by atoms with Gasteiger partial charge in [0.25, 0.3) is 5.91 Å². The Morgan fingerprint density at radius 3 is 2.12 bits per heavy atom. The van der Waals surface area contributed by atoms with Crippen LogP contribution in [0, 0.1) is 6.92 Å². The summed E-state index contributed by atoms with van der Waals surface area (Å²) in [6.07, 6.45) is 1.52. The molecule has 9 heteroatoms. The molecular weight excluding hydrogens is 466 g/mol. The Morgan fingerprint density at radius 1 is 1.03 bits per heavy atom. The molecule has 0 saturated carbocycles. The lowest BCUT2D eigenvalue weighted by Gasteiger charge is -2.29. The van der Waals surface area contributed by atoms with Gasteiger partial charge >= 0.3 is 0 Å². The third kappa shape index (κ3) is 5.62. The number of carbonyl (C=O) groups excluding carboxylic acids is 1. The Hall–Kier alpha value is -2.71. The van der Waals surface area contributed by atoms with E-state index >= 15 is 0 Å². The summed E-state index contributed by atoms with van der Waals surface area (Å²) >= 11 is 6.33. The quantitative estimate of drug-likeness (QED) is 0.499. The van der Waals surface area contributed by atoms with Gasteiger partial charge in [0.05, 0.1) is 31.6 Å². The summed E-state index contributed by atoms with van der Waals surface area (Å²) < 4.78 is 41.5. The number of amides is 1. The first-order valence-corrected chi connectivity index (χ1v) is 12.9. The molecule has 0 N–H and O–H groups in total. The van der Waals surface area contributed by atoms with Crippen LogP contribution in [0.1, 0.15) is 36.7 Å².